The van der Waals surface area contributed by atoms with Gasteiger partial charge in [0.2, 0.25) is 0 Å². The van der Waals surface area contributed by atoms with E-state index in [2.05, 4.69) is 43.0 Å². The average Bonchev–Trinajstić information content (AvgIpc) is 3.59. The molecule has 1 amide bonds. The number of nitrogens with zero attached hydrogens (tertiary/aromatic N) is 5. The number of piperazine rings is 1. The predicted octanol–water partition coefficient (Wildman–Crippen LogP) is 3.86. The lowest BCUT2D eigenvalue weighted by molar-refractivity contribution is 0.0523. The maximum atomic E-state index is 13.1. The van der Waals surface area contributed by atoms with Crippen molar-refractivity contribution >= 4 is 11.6 Å². The molecule has 0 radical (unpaired) electrons. The highest BCUT2D eigenvalue weighted by Crippen LogP contribution is 2.24. The number of hydrogen-bond donors (Lipinski definition) is 1. The second-order valence-electron chi connectivity index (χ2n) is 9.78. The number of nitrogens with one attached hydrogen (secondary N) is 1. The van der Waals surface area contributed by atoms with E-state index < -0.39 is 0 Å². The Morgan fingerprint density at radius 3 is 2.47 bits per heavy atom. The van der Waals surface area contributed by atoms with Gasteiger partial charge in [0.1, 0.15) is 5.82 Å². The van der Waals surface area contributed by atoms with Crippen molar-refractivity contribution in [3.8, 4) is 0 Å². The molecule has 2 aromatic rings. The number of carbonyl (C=O) groups excluding carboxylic acids is 1. The second-order valence-corrected chi connectivity index (χ2v) is 9.78. The van der Waals surface area contributed by atoms with E-state index in [1.165, 1.54) is 43.4 Å². The molecule has 1 aliphatic carbocycles. The molecule has 180 valence electrons. The first-order valence-corrected chi connectivity index (χ1v) is 12.8. The van der Waals surface area contributed by atoms with Crippen molar-refractivity contribution in [1.29, 1.82) is 0 Å². The number of amides is 1. The van der Waals surface area contributed by atoms with Crippen molar-refractivity contribution in [2.45, 2.75) is 57.7 Å². The minimum absolute atomic E-state index is 0.161. The quantitative estimate of drug-likeness (QED) is 0.650. The normalized spacial score (nSPS) is 19.7. The fourth-order valence-electron chi connectivity index (χ4n) is 5.46. The summed E-state index contributed by atoms with van der Waals surface area (Å²) in [6.45, 7) is 6.02. The fourth-order valence-corrected chi connectivity index (χ4v) is 5.46. The number of H-pyrrole nitrogens is 1. The molecule has 34 heavy (non-hydrogen) atoms. The van der Waals surface area contributed by atoms with Gasteiger partial charge in [-0.3, -0.25) is 19.6 Å². The molecule has 1 saturated heterocycles. The van der Waals surface area contributed by atoms with Crippen LogP contribution in [0.3, 0.4) is 0 Å². The topological polar surface area (TPSA) is 67.8 Å². The predicted molar refractivity (Wildman–Crippen MR) is 135 cm³/mol. The summed E-state index contributed by atoms with van der Waals surface area (Å²) >= 11 is 0. The van der Waals surface area contributed by atoms with Crippen molar-refractivity contribution in [2.75, 3.05) is 32.7 Å². The number of carbonyl (C=O) groups is 1. The maximum Gasteiger partial charge on any atom is 0.253 e. The zero-order valence-electron chi connectivity index (χ0n) is 20.0. The highest BCUT2D eigenvalue weighted by Gasteiger charge is 2.27. The summed E-state index contributed by atoms with van der Waals surface area (Å²) in [7, 11) is 0. The first-order chi connectivity index (χ1) is 16.7. The Balaban J connectivity index is 1.16. The minimum atomic E-state index is 0.161. The maximum absolute atomic E-state index is 13.1. The Morgan fingerprint density at radius 2 is 1.79 bits per heavy atom. The van der Waals surface area contributed by atoms with E-state index >= 15 is 0 Å². The third kappa shape index (κ3) is 5.83. The molecule has 0 unspecified atom stereocenters. The lowest BCUT2D eigenvalue weighted by atomic mass is 9.94. The molecule has 5 rings (SSSR count). The molecule has 7 nitrogen and oxygen atoms in total. The van der Waals surface area contributed by atoms with Crippen LogP contribution in [0, 0.1) is 0 Å². The lowest BCUT2D eigenvalue weighted by Crippen LogP contribution is -2.52. The van der Waals surface area contributed by atoms with Gasteiger partial charge in [-0.2, -0.15) is 0 Å². The van der Waals surface area contributed by atoms with Gasteiger partial charge in [0.15, 0.2) is 0 Å². The summed E-state index contributed by atoms with van der Waals surface area (Å²) in [5, 5.41) is 0. The van der Waals surface area contributed by atoms with Gasteiger partial charge in [0.25, 0.3) is 5.91 Å². The van der Waals surface area contributed by atoms with Gasteiger partial charge in [0, 0.05) is 81.6 Å². The molecule has 0 spiro atoms. The molecular formula is C27H36N6O. The average molecular weight is 461 g/mol. The Labute approximate surface area is 202 Å². The van der Waals surface area contributed by atoms with Gasteiger partial charge in [-0.15, -0.1) is 0 Å². The molecule has 1 saturated carbocycles. The Bertz CT molecular complexity index is 983. The van der Waals surface area contributed by atoms with Crippen LogP contribution in [0.25, 0.3) is 0 Å². The molecule has 3 heterocycles. The lowest BCUT2D eigenvalue weighted by Gasteiger charge is -2.40. The summed E-state index contributed by atoms with van der Waals surface area (Å²) < 4.78 is 0. The van der Waals surface area contributed by atoms with Gasteiger partial charge < -0.3 is 9.88 Å². The standard InChI is InChI=1S/C27H36N6O/c34-27(33-17-15-32(16-18-33)25-6-2-1-3-7-25)23-10-8-22(9-11-23)19-31(20-24-5-4-12-28-24)21-26-29-13-14-30-26/h4,8-14,25H,1-3,5-7,15-21H2,(H,29,30). The number of aromatic amines is 1. The van der Waals surface area contributed by atoms with Gasteiger partial charge in [-0.05, 0) is 30.5 Å². The Hall–Kier alpha value is -2.77. The van der Waals surface area contributed by atoms with Crippen LogP contribution in [-0.2, 0) is 13.1 Å². The van der Waals surface area contributed by atoms with Crippen LogP contribution in [0.15, 0.2) is 53.9 Å². The van der Waals surface area contributed by atoms with Crippen LogP contribution >= 0.6 is 0 Å². The van der Waals surface area contributed by atoms with E-state index in [0.717, 1.165) is 69.7 Å². The van der Waals surface area contributed by atoms with Gasteiger partial charge in [-0.1, -0.05) is 37.5 Å². The fraction of sp³-hybridized carbons (Fsp3) is 0.519. The molecule has 7 heteroatoms. The summed E-state index contributed by atoms with van der Waals surface area (Å²) in [6, 6.07) is 8.90. The van der Waals surface area contributed by atoms with Crippen LogP contribution in [-0.4, -0.2) is 75.1 Å². The molecule has 3 aliphatic rings. The number of hydrogen-bond acceptors (Lipinski definition) is 5. The van der Waals surface area contributed by atoms with Crippen molar-refractivity contribution in [1.82, 2.24) is 24.7 Å². The second kappa shape index (κ2) is 11.1. The number of imidazole rings is 1. The van der Waals surface area contributed by atoms with E-state index in [1.54, 1.807) is 6.20 Å². The third-order valence-electron chi connectivity index (χ3n) is 7.35. The number of aliphatic imine (C=N–C) groups is 1. The third-order valence-corrected chi connectivity index (χ3v) is 7.35. The molecule has 1 aromatic carbocycles. The molecule has 0 atom stereocenters. The van der Waals surface area contributed by atoms with E-state index in [-0.39, 0.29) is 5.91 Å². The largest absolute Gasteiger partial charge is 0.348 e. The molecular weight excluding hydrogens is 424 g/mol. The highest BCUT2D eigenvalue weighted by atomic mass is 16.2. The number of allylic oxidation sites excluding steroid dienone is 1. The zero-order valence-corrected chi connectivity index (χ0v) is 20.0. The van der Waals surface area contributed by atoms with E-state index in [4.69, 9.17) is 0 Å². The van der Waals surface area contributed by atoms with Crippen molar-refractivity contribution in [3.05, 3.63) is 65.9 Å². The SMILES string of the molecule is O=C(c1ccc(CN(CC2=NC=CC2)Cc2ncc[nH]2)cc1)N1CCN(C2CCCCC2)CC1. The van der Waals surface area contributed by atoms with Crippen LogP contribution in [0.5, 0.6) is 0 Å². The number of rotatable bonds is 8. The van der Waals surface area contributed by atoms with E-state index in [0.29, 0.717) is 0 Å². The van der Waals surface area contributed by atoms with Crippen LogP contribution in [0.4, 0.5) is 0 Å². The number of aromatic nitrogens is 2. The van der Waals surface area contributed by atoms with Crippen molar-refractivity contribution < 1.29 is 4.79 Å². The summed E-state index contributed by atoms with van der Waals surface area (Å²) in [5.41, 5.74) is 3.15. The summed E-state index contributed by atoms with van der Waals surface area (Å²) in [4.78, 5) is 32.2. The summed E-state index contributed by atoms with van der Waals surface area (Å²) in [6.07, 6.45) is 15.3. The van der Waals surface area contributed by atoms with Crippen LogP contribution in [0.2, 0.25) is 0 Å². The first-order valence-electron chi connectivity index (χ1n) is 12.8. The Kier molecular flexibility index (Phi) is 7.51. The smallest absolute Gasteiger partial charge is 0.253 e. The Morgan fingerprint density at radius 1 is 1.00 bits per heavy atom. The summed E-state index contributed by atoms with van der Waals surface area (Å²) in [5.74, 6) is 1.11. The van der Waals surface area contributed by atoms with Crippen molar-refractivity contribution in [3.63, 3.8) is 0 Å². The first kappa shape index (κ1) is 23.0. The van der Waals surface area contributed by atoms with Gasteiger partial charge in [0.05, 0.1) is 6.54 Å². The molecule has 0 bridgehead atoms. The number of benzene rings is 1. The van der Waals surface area contributed by atoms with Gasteiger partial charge in [-0.25, -0.2) is 4.98 Å². The molecule has 2 aliphatic heterocycles. The van der Waals surface area contributed by atoms with E-state index in [1.807, 2.05) is 29.4 Å². The van der Waals surface area contributed by atoms with Gasteiger partial charge >= 0.3 is 0 Å². The van der Waals surface area contributed by atoms with E-state index in [9.17, 15) is 4.79 Å². The van der Waals surface area contributed by atoms with Crippen LogP contribution < -0.4 is 0 Å². The molecule has 1 N–H and O–H groups in total. The monoisotopic (exact) mass is 460 g/mol. The zero-order chi connectivity index (χ0) is 23.2. The van der Waals surface area contributed by atoms with Crippen molar-refractivity contribution in [2.24, 2.45) is 4.99 Å². The molecule has 2 fully saturated rings. The van der Waals surface area contributed by atoms with Crippen LogP contribution in [0.1, 0.15) is 60.3 Å². The highest BCUT2D eigenvalue weighted by molar-refractivity contribution is 5.94. The molecule has 1 aromatic heterocycles. The minimum Gasteiger partial charge on any atom is -0.348 e.